The monoisotopic (exact) mass is 415 g/mol. The van der Waals surface area contributed by atoms with Gasteiger partial charge in [0.2, 0.25) is 5.91 Å². The fraction of sp³-hybridized carbons (Fsp3) is 0.458. The quantitative estimate of drug-likeness (QED) is 0.468. The lowest BCUT2D eigenvalue weighted by Crippen LogP contribution is -2.40. The van der Waals surface area contributed by atoms with Gasteiger partial charge in [0, 0.05) is 6.42 Å². The Morgan fingerprint density at radius 3 is 2.33 bits per heavy atom. The first-order chi connectivity index (χ1) is 14.4. The summed E-state index contributed by atoms with van der Waals surface area (Å²) in [6, 6.07) is 16.7. The van der Waals surface area contributed by atoms with Crippen LogP contribution in [-0.2, 0) is 27.1 Å². The summed E-state index contributed by atoms with van der Waals surface area (Å²) in [6.07, 6.45) is 1.02. The highest BCUT2D eigenvalue weighted by atomic mass is 16.5. The van der Waals surface area contributed by atoms with Crippen LogP contribution in [0.1, 0.15) is 31.4 Å². The number of aliphatic hydroxyl groups excluding tert-OH is 1. The number of aliphatic hydroxyl groups is 1. The molecule has 0 bridgehead atoms. The molecule has 0 fully saturated rings. The number of rotatable bonds is 13. The number of hydrogen-bond acceptors (Lipinski definition) is 5. The summed E-state index contributed by atoms with van der Waals surface area (Å²) in [6.45, 7) is 4.54. The second-order valence-corrected chi connectivity index (χ2v) is 7.65. The number of aryl methyl sites for hydroxylation is 1. The smallest absolute Gasteiger partial charge is 0.220 e. The zero-order valence-corrected chi connectivity index (χ0v) is 17.8. The molecule has 0 aliphatic rings. The van der Waals surface area contributed by atoms with Gasteiger partial charge in [0.1, 0.15) is 5.75 Å². The minimum absolute atomic E-state index is 0.0235. The molecule has 2 aromatic rings. The van der Waals surface area contributed by atoms with Gasteiger partial charge in [-0.05, 0) is 49.9 Å². The number of ether oxygens (including phenoxy) is 2. The van der Waals surface area contributed by atoms with Crippen molar-refractivity contribution >= 4 is 5.91 Å². The van der Waals surface area contributed by atoms with E-state index in [0.29, 0.717) is 32.5 Å². The van der Waals surface area contributed by atoms with Crippen LogP contribution in [0.2, 0.25) is 0 Å². The van der Waals surface area contributed by atoms with E-state index < -0.39 is 6.10 Å². The first-order valence-electron chi connectivity index (χ1n) is 10.4. The lowest BCUT2D eigenvalue weighted by atomic mass is 10.1. The highest BCUT2D eigenvalue weighted by Gasteiger charge is 2.15. The summed E-state index contributed by atoms with van der Waals surface area (Å²) in [5.74, 6) is 0.187. The molecule has 164 valence electrons. The lowest BCUT2D eigenvalue weighted by molar-refractivity contribution is -0.122. The number of aromatic hydroxyl groups is 1. The first-order valence-corrected chi connectivity index (χ1v) is 10.4. The van der Waals surface area contributed by atoms with Crippen molar-refractivity contribution in [3.05, 3.63) is 65.7 Å². The van der Waals surface area contributed by atoms with Crippen LogP contribution in [0, 0.1) is 0 Å². The standard InChI is InChI=1S/C24H33NO5/c1-18(26)15-30-19(2)16-29-17-22(14-21-8-11-23(27)12-9-21)25-24(28)13-10-20-6-4-3-5-7-20/h3-9,11-12,18-19,22,26-27H,10,13-17H2,1-2H3,(H,25,28)/t18-,19-,22+/m0/s1. The Hall–Kier alpha value is -2.41. The molecule has 2 rings (SSSR count). The maximum absolute atomic E-state index is 12.5. The van der Waals surface area contributed by atoms with E-state index in [1.165, 1.54) is 0 Å². The Kier molecular flexibility index (Phi) is 10.3. The molecular formula is C24H33NO5. The molecule has 0 aromatic heterocycles. The number of carbonyl (C=O) groups is 1. The van der Waals surface area contributed by atoms with Crippen LogP contribution in [-0.4, -0.2) is 54.2 Å². The number of carbonyl (C=O) groups excluding carboxylic acids is 1. The topological polar surface area (TPSA) is 88.0 Å². The maximum atomic E-state index is 12.5. The van der Waals surface area contributed by atoms with Crippen LogP contribution >= 0.6 is 0 Å². The highest BCUT2D eigenvalue weighted by molar-refractivity contribution is 5.76. The highest BCUT2D eigenvalue weighted by Crippen LogP contribution is 2.12. The van der Waals surface area contributed by atoms with Crippen LogP contribution < -0.4 is 5.32 Å². The van der Waals surface area contributed by atoms with Crippen molar-refractivity contribution in [2.45, 2.75) is 51.4 Å². The summed E-state index contributed by atoms with van der Waals surface area (Å²) in [7, 11) is 0. The molecule has 3 atom stereocenters. The van der Waals surface area contributed by atoms with E-state index in [-0.39, 0.29) is 30.4 Å². The van der Waals surface area contributed by atoms with Gasteiger partial charge in [-0.2, -0.15) is 0 Å². The van der Waals surface area contributed by atoms with E-state index in [4.69, 9.17) is 9.47 Å². The van der Waals surface area contributed by atoms with Gasteiger partial charge in [-0.15, -0.1) is 0 Å². The number of nitrogens with one attached hydrogen (secondary N) is 1. The van der Waals surface area contributed by atoms with Gasteiger partial charge in [-0.25, -0.2) is 0 Å². The van der Waals surface area contributed by atoms with Crippen LogP contribution in [0.3, 0.4) is 0 Å². The van der Waals surface area contributed by atoms with E-state index in [0.717, 1.165) is 11.1 Å². The third-order valence-electron chi connectivity index (χ3n) is 4.56. The molecule has 0 aliphatic heterocycles. The molecule has 1 amide bonds. The third-order valence-corrected chi connectivity index (χ3v) is 4.56. The molecule has 6 heteroatoms. The second kappa shape index (κ2) is 13.0. The van der Waals surface area contributed by atoms with Gasteiger partial charge in [-0.1, -0.05) is 42.5 Å². The molecule has 0 spiro atoms. The zero-order valence-electron chi connectivity index (χ0n) is 17.8. The van der Waals surface area contributed by atoms with Crippen molar-refractivity contribution in [3.63, 3.8) is 0 Å². The normalized spacial score (nSPS) is 14.1. The molecule has 2 aromatic carbocycles. The van der Waals surface area contributed by atoms with Crippen LogP contribution in [0.5, 0.6) is 5.75 Å². The molecule has 0 saturated heterocycles. The molecular weight excluding hydrogens is 382 g/mol. The van der Waals surface area contributed by atoms with Gasteiger partial charge in [0.15, 0.2) is 0 Å². The van der Waals surface area contributed by atoms with Crippen molar-refractivity contribution in [2.75, 3.05) is 19.8 Å². The van der Waals surface area contributed by atoms with Gasteiger partial charge >= 0.3 is 0 Å². The molecule has 0 unspecified atom stereocenters. The third kappa shape index (κ3) is 9.87. The van der Waals surface area contributed by atoms with E-state index in [1.54, 1.807) is 19.1 Å². The SMILES string of the molecule is C[C@H](O)CO[C@@H](C)COC[C@@H](Cc1ccc(O)cc1)NC(=O)CCc1ccccc1. The summed E-state index contributed by atoms with van der Waals surface area (Å²) >= 11 is 0. The molecule has 0 aliphatic carbocycles. The number of phenolic OH excluding ortho intramolecular Hbond substituents is 1. The molecule has 6 nitrogen and oxygen atoms in total. The first kappa shape index (κ1) is 23.9. The summed E-state index contributed by atoms with van der Waals surface area (Å²) < 4.78 is 11.3. The zero-order chi connectivity index (χ0) is 21.8. The van der Waals surface area contributed by atoms with Crippen LogP contribution in [0.4, 0.5) is 0 Å². The molecule has 30 heavy (non-hydrogen) atoms. The van der Waals surface area contributed by atoms with Gasteiger partial charge in [0.25, 0.3) is 0 Å². The van der Waals surface area contributed by atoms with Crippen molar-refractivity contribution in [1.29, 1.82) is 0 Å². The maximum Gasteiger partial charge on any atom is 0.220 e. The second-order valence-electron chi connectivity index (χ2n) is 7.65. The Balaban J connectivity index is 1.86. The predicted octanol–water partition coefficient (Wildman–Crippen LogP) is 2.85. The fourth-order valence-electron chi connectivity index (χ4n) is 3.00. The van der Waals surface area contributed by atoms with Crippen molar-refractivity contribution < 1.29 is 24.5 Å². The molecule has 0 radical (unpaired) electrons. The van der Waals surface area contributed by atoms with E-state index >= 15 is 0 Å². The Labute approximate surface area is 178 Å². The largest absolute Gasteiger partial charge is 0.508 e. The predicted molar refractivity (Wildman–Crippen MR) is 116 cm³/mol. The average Bonchev–Trinajstić information content (AvgIpc) is 2.73. The minimum Gasteiger partial charge on any atom is -0.508 e. The summed E-state index contributed by atoms with van der Waals surface area (Å²) in [5, 5.41) is 21.8. The average molecular weight is 416 g/mol. The van der Waals surface area contributed by atoms with Crippen molar-refractivity contribution in [3.8, 4) is 5.75 Å². The van der Waals surface area contributed by atoms with E-state index in [2.05, 4.69) is 5.32 Å². The summed E-state index contributed by atoms with van der Waals surface area (Å²) in [5.41, 5.74) is 2.13. The number of amides is 1. The number of benzene rings is 2. The fourth-order valence-corrected chi connectivity index (χ4v) is 3.00. The van der Waals surface area contributed by atoms with Crippen LogP contribution in [0.15, 0.2) is 54.6 Å². The Morgan fingerprint density at radius 2 is 1.67 bits per heavy atom. The van der Waals surface area contributed by atoms with Crippen LogP contribution in [0.25, 0.3) is 0 Å². The molecule has 3 N–H and O–H groups in total. The number of hydrogen-bond donors (Lipinski definition) is 3. The van der Waals surface area contributed by atoms with Gasteiger partial charge < -0.3 is 25.0 Å². The van der Waals surface area contributed by atoms with Gasteiger partial charge in [-0.3, -0.25) is 4.79 Å². The van der Waals surface area contributed by atoms with Crippen molar-refractivity contribution in [1.82, 2.24) is 5.32 Å². The molecule has 0 saturated carbocycles. The van der Waals surface area contributed by atoms with Gasteiger partial charge in [0.05, 0.1) is 38.1 Å². The van der Waals surface area contributed by atoms with Crippen molar-refractivity contribution in [2.24, 2.45) is 0 Å². The molecule has 0 heterocycles. The van der Waals surface area contributed by atoms with E-state index in [1.807, 2.05) is 49.4 Å². The van der Waals surface area contributed by atoms with E-state index in [9.17, 15) is 15.0 Å². The number of phenols is 1. The Bertz CT molecular complexity index is 733. The Morgan fingerprint density at radius 1 is 0.967 bits per heavy atom. The summed E-state index contributed by atoms with van der Waals surface area (Å²) in [4.78, 5) is 12.5. The lowest BCUT2D eigenvalue weighted by Gasteiger charge is -2.21. The minimum atomic E-state index is -0.515.